The first-order valence-electron chi connectivity index (χ1n) is 6.24. The van der Waals surface area contributed by atoms with Crippen molar-refractivity contribution in [2.75, 3.05) is 0 Å². The summed E-state index contributed by atoms with van der Waals surface area (Å²) in [5.74, 6) is 0.812. The highest BCUT2D eigenvalue weighted by molar-refractivity contribution is 5.57. The minimum absolute atomic E-state index is 0.434. The molecule has 0 bridgehead atoms. The van der Waals surface area contributed by atoms with E-state index in [9.17, 15) is 4.79 Å². The molecule has 0 spiro atoms. The van der Waals surface area contributed by atoms with E-state index in [0.29, 0.717) is 13.0 Å². The zero-order valence-electron chi connectivity index (χ0n) is 10.7. The van der Waals surface area contributed by atoms with Gasteiger partial charge in [-0.25, -0.2) is 0 Å². The van der Waals surface area contributed by atoms with Gasteiger partial charge in [-0.3, -0.25) is 0 Å². The summed E-state index contributed by atoms with van der Waals surface area (Å²) in [4.78, 5) is 10.5. The van der Waals surface area contributed by atoms with Gasteiger partial charge in [-0.05, 0) is 29.7 Å². The van der Waals surface area contributed by atoms with E-state index in [0.717, 1.165) is 23.2 Å². The van der Waals surface area contributed by atoms with E-state index in [1.54, 1.807) is 0 Å². The molecule has 2 rings (SSSR count). The minimum Gasteiger partial charge on any atom is -0.489 e. The lowest BCUT2D eigenvalue weighted by Crippen LogP contribution is -2.23. The Kier molecular flexibility index (Phi) is 4.70. The van der Waals surface area contributed by atoms with Gasteiger partial charge in [0.2, 0.25) is 0 Å². The number of carbonyl (C=O) groups is 1. The number of benzene rings is 2. The van der Waals surface area contributed by atoms with Crippen molar-refractivity contribution in [1.82, 2.24) is 0 Å². The normalized spacial score (nSPS) is 11.8. The smallest absolute Gasteiger partial charge is 0.137 e. The molecule has 0 saturated heterocycles. The van der Waals surface area contributed by atoms with E-state index < -0.39 is 6.04 Å². The first-order chi connectivity index (χ1) is 9.28. The molecule has 0 aromatic heterocycles. The molecule has 3 heteroatoms. The zero-order chi connectivity index (χ0) is 13.5. The SMILES string of the molecule is N[C@H](C=O)Cc1ccc(OCc2ccccc2)cc1. The number of rotatable bonds is 6. The minimum atomic E-state index is -0.434. The zero-order valence-corrected chi connectivity index (χ0v) is 10.7. The van der Waals surface area contributed by atoms with Crippen molar-refractivity contribution >= 4 is 6.29 Å². The molecule has 2 N–H and O–H groups in total. The summed E-state index contributed by atoms with van der Waals surface area (Å²) in [5.41, 5.74) is 7.75. The summed E-state index contributed by atoms with van der Waals surface area (Å²) in [6.45, 7) is 0.550. The number of ether oxygens (including phenoxy) is 1. The van der Waals surface area contributed by atoms with Crippen molar-refractivity contribution in [3.8, 4) is 5.75 Å². The fourth-order valence-electron chi connectivity index (χ4n) is 1.78. The quantitative estimate of drug-likeness (QED) is 0.806. The van der Waals surface area contributed by atoms with Crippen molar-refractivity contribution in [2.45, 2.75) is 19.1 Å². The Labute approximate surface area is 113 Å². The van der Waals surface area contributed by atoms with Crippen LogP contribution >= 0.6 is 0 Å². The lowest BCUT2D eigenvalue weighted by molar-refractivity contribution is -0.108. The van der Waals surface area contributed by atoms with Crippen LogP contribution in [0.15, 0.2) is 54.6 Å². The Hall–Kier alpha value is -2.13. The van der Waals surface area contributed by atoms with Gasteiger partial charge in [0.15, 0.2) is 0 Å². The predicted molar refractivity (Wildman–Crippen MR) is 75.0 cm³/mol. The van der Waals surface area contributed by atoms with Gasteiger partial charge in [0.05, 0.1) is 6.04 Å². The maximum atomic E-state index is 10.5. The Balaban J connectivity index is 1.90. The second-order valence-corrected chi connectivity index (χ2v) is 4.42. The van der Waals surface area contributed by atoms with Crippen LogP contribution in [0.25, 0.3) is 0 Å². The number of hydrogen-bond acceptors (Lipinski definition) is 3. The summed E-state index contributed by atoms with van der Waals surface area (Å²) < 4.78 is 5.68. The van der Waals surface area contributed by atoms with Crippen LogP contribution in [0.4, 0.5) is 0 Å². The monoisotopic (exact) mass is 255 g/mol. The molecule has 0 radical (unpaired) electrons. The van der Waals surface area contributed by atoms with Crippen LogP contribution in [-0.2, 0) is 17.8 Å². The highest BCUT2D eigenvalue weighted by Gasteiger charge is 2.02. The molecule has 0 unspecified atom stereocenters. The molecular formula is C16H17NO2. The largest absolute Gasteiger partial charge is 0.489 e. The van der Waals surface area contributed by atoms with Crippen molar-refractivity contribution in [1.29, 1.82) is 0 Å². The molecule has 3 nitrogen and oxygen atoms in total. The van der Waals surface area contributed by atoms with E-state index in [4.69, 9.17) is 10.5 Å². The van der Waals surface area contributed by atoms with Crippen molar-refractivity contribution in [2.24, 2.45) is 5.73 Å². The Morgan fingerprint density at radius 1 is 1.00 bits per heavy atom. The third-order valence-electron chi connectivity index (χ3n) is 2.82. The molecule has 0 saturated carbocycles. The van der Waals surface area contributed by atoms with Crippen LogP contribution in [-0.4, -0.2) is 12.3 Å². The number of hydrogen-bond donors (Lipinski definition) is 1. The third-order valence-corrected chi connectivity index (χ3v) is 2.82. The molecule has 0 fully saturated rings. The molecule has 0 heterocycles. The molecule has 2 aromatic rings. The van der Waals surface area contributed by atoms with Crippen molar-refractivity contribution in [3.05, 3.63) is 65.7 Å². The topological polar surface area (TPSA) is 52.3 Å². The molecule has 0 aliphatic heterocycles. The highest BCUT2D eigenvalue weighted by Crippen LogP contribution is 2.14. The van der Waals surface area contributed by atoms with E-state index in [1.807, 2.05) is 54.6 Å². The van der Waals surface area contributed by atoms with Crippen LogP contribution in [0.5, 0.6) is 5.75 Å². The van der Waals surface area contributed by atoms with Gasteiger partial charge in [-0.1, -0.05) is 42.5 Å². The Morgan fingerprint density at radius 2 is 1.68 bits per heavy atom. The van der Waals surface area contributed by atoms with Crippen LogP contribution in [0.1, 0.15) is 11.1 Å². The van der Waals surface area contributed by atoms with E-state index in [1.165, 1.54) is 0 Å². The second-order valence-electron chi connectivity index (χ2n) is 4.42. The first-order valence-corrected chi connectivity index (χ1v) is 6.24. The van der Waals surface area contributed by atoms with Crippen LogP contribution < -0.4 is 10.5 Å². The maximum Gasteiger partial charge on any atom is 0.137 e. The van der Waals surface area contributed by atoms with Gasteiger partial charge in [-0.2, -0.15) is 0 Å². The third kappa shape index (κ3) is 4.23. The van der Waals surface area contributed by atoms with Gasteiger partial charge in [0.25, 0.3) is 0 Å². The van der Waals surface area contributed by atoms with E-state index >= 15 is 0 Å². The summed E-state index contributed by atoms with van der Waals surface area (Å²) in [5, 5.41) is 0. The number of carbonyl (C=O) groups excluding carboxylic acids is 1. The lowest BCUT2D eigenvalue weighted by atomic mass is 10.1. The van der Waals surface area contributed by atoms with Gasteiger partial charge in [-0.15, -0.1) is 0 Å². The van der Waals surface area contributed by atoms with Crippen molar-refractivity contribution in [3.63, 3.8) is 0 Å². The van der Waals surface area contributed by atoms with Crippen LogP contribution in [0, 0.1) is 0 Å². The molecule has 1 atom stereocenters. The average molecular weight is 255 g/mol. The molecule has 0 aliphatic carbocycles. The number of nitrogens with two attached hydrogens (primary N) is 1. The van der Waals surface area contributed by atoms with Crippen molar-refractivity contribution < 1.29 is 9.53 Å². The van der Waals surface area contributed by atoms with Gasteiger partial charge < -0.3 is 15.3 Å². The maximum absolute atomic E-state index is 10.5. The molecule has 0 amide bonds. The lowest BCUT2D eigenvalue weighted by Gasteiger charge is -2.08. The van der Waals surface area contributed by atoms with Crippen LogP contribution in [0.2, 0.25) is 0 Å². The molecular weight excluding hydrogens is 238 g/mol. The van der Waals surface area contributed by atoms with E-state index in [2.05, 4.69) is 0 Å². The predicted octanol–water partition coefficient (Wildman–Crippen LogP) is 2.33. The molecule has 19 heavy (non-hydrogen) atoms. The summed E-state index contributed by atoms with van der Waals surface area (Å²) in [6, 6.07) is 17.2. The van der Waals surface area contributed by atoms with Crippen LogP contribution in [0.3, 0.4) is 0 Å². The number of aldehydes is 1. The summed E-state index contributed by atoms with van der Waals surface area (Å²) in [7, 11) is 0. The van der Waals surface area contributed by atoms with E-state index in [-0.39, 0.29) is 0 Å². The van der Waals surface area contributed by atoms with Gasteiger partial charge >= 0.3 is 0 Å². The second kappa shape index (κ2) is 6.71. The summed E-state index contributed by atoms with van der Waals surface area (Å²) in [6.07, 6.45) is 1.32. The standard InChI is InChI=1S/C16H17NO2/c17-15(11-18)10-13-6-8-16(9-7-13)19-12-14-4-2-1-3-5-14/h1-9,11,15H,10,12,17H2/t15-/m0/s1. The van der Waals surface area contributed by atoms with Gasteiger partial charge in [0.1, 0.15) is 18.6 Å². The molecule has 98 valence electrons. The fourth-order valence-corrected chi connectivity index (χ4v) is 1.78. The Morgan fingerprint density at radius 3 is 2.32 bits per heavy atom. The first kappa shape index (κ1) is 13.3. The molecule has 2 aromatic carbocycles. The van der Waals surface area contributed by atoms with Gasteiger partial charge in [0, 0.05) is 0 Å². The molecule has 0 aliphatic rings. The Bertz CT molecular complexity index is 508. The fraction of sp³-hybridized carbons (Fsp3) is 0.188. The summed E-state index contributed by atoms with van der Waals surface area (Å²) >= 11 is 0. The highest BCUT2D eigenvalue weighted by atomic mass is 16.5. The average Bonchev–Trinajstić information content (AvgIpc) is 2.47.